The van der Waals surface area contributed by atoms with Crippen molar-refractivity contribution in [1.29, 1.82) is 0 Å². The largest absolute Gasteiger partial charge is 0.507 e. The molecule has 3 rings (SSSR count). The van der Waals surface area contributed by atoms with E-state index >= 15 is 0 Å². The number of fused-ring (bicyclic) bond motifs is 1. The summed E-state index contributed by atoms with van der Waals surface area (Å²) < 4.78 is 24.5. The third-order valence-corrected chi connectivity index (χ3v) is 4.56. The van der Waals surface area contributed by atoms with Gasteiger partial charge in [-0.05, 0) is 35.0 Å². The minimum absolute atomic E-state index is 0.0288. The summed E-state index contributed by atoms with van der Waals surface area (Å²) in [6, 6.07) is 18.9. The molecule has 0 fully saturated rings. The van der Waals surface area contributed by atoms with Gasteiger partial charge in [-0.3, -0.25) is 0 Å². The van der Waals surface area contributed by atoms with Crippen LogP contribution in [0.4, 0.5) is 0 Å². The predicted molar refractivity (Wildman–Crippen MR) is 90.0 cm³/mol. The van der Waals surface area contributed by atoms with Crippen LogP contribution in [0.5, 0.6) is 5.75 Å². The number of nitrogens with one attached hydrogen (secondary N) is 1. The highest BCUT2D eigenvalue weighted by Crippen LogP contribution is 2.19. The lowest BCUT2D eigenvalue weighted by Gasteiger charge is -2.05. The molecule has 0 bridgehead atoms. The summed E-state index contributed by atoms with van der Waals surface area (Å²) in [5, 5.41) is 15.1. The first-order valence-corrected chi connectivity index (χ1v) is 8.36. The van der Waals surface area contributed by atoms with Gasteiger partial charge in [0.15, 0.2) is 0 Å². The summed E-state index contributed by atoms with van der Waals surface area (Å²) >= 11 is 0. The number of sulfonamides is 1. The maximum Gasteiger partial charge on any atom is 0.276 e. The van der Waals surface area contributed by atoms with Gasteiger partial charge in [0.1, 0.15) is 5.75 Å². The minimum Gasteiger partial charge on any atom is -0.507 e. The Balaban J connectivity index is 1.84. The number of aromatic hydroxyl groups is 1. The number of hydrogen-bond donors (Lipinski definition) is 2. The van der Waals surface area contributed by atoms with E-state index in [-0.39, 0.29) is 10.6 Å². The molecule has 0 radical (unpaired) electrons. The molecular weight excluding hydrogens is 312 g/mol. The summed E-state index contributed by atoms with van der Waals surface area (Å²) in [7, 11) is -3.76. The van der Waals surface area contributed by atoms with Crippen molar-refractivity contribution in [2.24, 2.45) is 5.10 Å². The molecule has 116 valence electrons. The fourth-order valence-electron chi connectivity index (χ4n) is 2.15. The third kappa shape index (κ3) is 3.32. The van der Waals surface area contributed by atoms with E-state index in [1.54, 1.807) is 30.3 Å². The number of nitrogens with zero attached hydrogens (tertiary/aromatic N) is 1. The van der Waals surface area contributed by atoms with Crippen molar-refractivity contribution in [2.45, 2.75) is 4.90 Å². The molecule has 0 amide bonds. The molecule has 5 nitrogen and oxygen atoms in total. The van der Waals surface area contributed by atoms with Crippen molar-refractivity contribution in [3.8, 4) is 5.75 Å². The average molecular weight is 326 g/mol. The second kappa shape index (κ2) is 6.10. The molecule has 0 aliphatic heterocycles. The summed E-state index contributed by atoms with van der Waals surface area (Å²) in [6.45, 7) is 0. The van der Waals surface area contributed by atoms with E-state index in [4.69, 9.17) is 0 Å². The standard InChI is InChI=1S/C17H14N2O3S/c20-17-8-4-3-7-15(17)12-18-19-23(21,22)16-10-9-13-5-1-2-6-14(13)11-16/h1-12,19-20H/b18-12-. The van der Waals surface area contributed by atoms with Gasteiger partial charge in [-0.2, -0.15) is 13.5 Å². The minimum atomic E-state index is -3.76. The maximum atomic E-state index is 12.3. The van der Waals surface area contributed by atoms with Crippen LogP contribution in [-0.4, -0.2) is 19.7 Å². The molecule has 0 unspecified atom stereocenters. The SMILES string of the molecule is O=S(=O)(N/N=C\c1ccccc1O)c1ccc2ccccc2c1. The van der Waals surface area contributed by atoms with Gasteiger partial charge >= 0.3 is 0 Å². The molecule has 0 aliphatic carbocycles. The van der Waals surface area contributed by atoms with Crippen LogP contribution in [-0.2, 0) is 10.0 Å². The lowest BCUT2D eigenvalue weighted by molar-refractivity contribution is 0.474. The number of hydrazone groups is 1. The van der Waals surface area contributed by atoms with Gasteiger partial charge in [0, 0.05) is 5.56 Å². The number of rotatable bonds is 4. The fourth-order valence-corrected chi connectivity index (χ4v) is 2.98. The first-order valence-electron chi connectivity index (χ1n) is 6.88. The summed E-state index contributed by atoms with van der Waals surface area (Å²) in [4.78, 5) is 2.28. The molecule has 23 heavy (non-hydrogen) atoms. The van der Waals surface area contributed by atoms with Gasteiger partial charge < -0.3 is 5.11 Å². The molecule has 0 saturated carbocycles. The van der Waals surface area contributed by atoms with E-state index in [0.29, 0.717) is 5.56 Å². The lowest BCUT2D eigenvalue weighted by atomic mass is 10.1. The Hall–Kier alpha value is -2.86. The first-order chi connectivity index (χ1) is 11.1. The van der Waals surface area contributed by atoms with Crippen LogP contribution in [0.1, 0.15) is 5.56 Å². The van der Waals surface area contributed by atoms with Gasteiger partial charge in [-0.25, -0.2) is 4.83 Å². The molecule has 3 aromatic rings. The second-order valence-corrected chi connectivity index (χ2v) is 6.58. The molecule has 0 aromatic heterocycles. The van der Waals surface area contributed by atoms with E-state index in [1.165, 1.54) is 18.3 Å². The molecule has 0 saturated heterocycles. The Bertz CT molecular complexity index is 982. The fraction of sp³-hybridized carbons (Fsp3) is 0. The van der Waals surface area contributed by atoms with Crippen LogP contribution in [0.2, 0.25) is 0 Å². The van der Waals surface area contributed by atoms with Crippen molar-refractivity contribution in [3.63, 3.8) is 0 Å². The topological polar surface area (TPSA) is 78.8 Å². The Morgan fingerprint density at radius 3 is 2.39 bits per heavy atom. The van der Waals surface area contributed by atoms with Crippen molar-refractivity contribution in [1.82, 2.24) is 4.83 Å². The molecular formula is C17H14N2O3S. The monoisotopic (exact) mass is 326 g/mol. The van der Waals surface area contributed by atoms with E-state index < -0.39 is 10.0 Å². The molecule has 0 atom stereocenters. The Labute approximate surface area is 134 Å². The Morgan fingerprint density at radius 1 is 0.913 bits per heavy atom. The molecule has 3 aromatic carbocycles. The van der Waals surface area contributed by atoms with Crippen LogP contribution in [0, 0.1) is 0 Å². The zero-order chi connectivity index (χ0) is 16.3. The van der Waals surface area contributed by atoms with E-state index in [1.807, 2.05) is 24.3 Å². The van der Waals surface area contributed by atoms with Crippen LogP contribution in [0.3, 0.4) is 0 Å². The first kappa shape index (κ1) is 15.1. The van der Waals surface area contributed by atoms with Gasteiger partial charge in [0.05, 0.1) is 11.1 Å². The summed E-state index contributed by atoms with van der Waals surface area (Å²) in [5.74, 6) is 0.0288. The number of para-hydroxylation sites is 1. The van der Waals surface area contributed by atoms with Gasteiger partial charge in [-0.15, -0.1) is 0 Å². The smallest absolute Gasteiger partial charge is 0.276 e. The van der Waals surface area contributed by atoms with E-state index in [9.17, 15) is 13.5 Å². The number of hydrogen-bond acceptors (Lipinski definition) is 4. The van der Waals surface area contributed by atoms with Gasteiger partial charge in [0.2, 0.25) is 0 Å². The second-order valence-electron chi connectivity index (χ2n) is 4.92. The maximum absolute atomic E-state index is 12.3. The molecule has 0 aliphatic rings. The number of phenolic OH excluding ortho intramolecular Hbond substituents is 1. The number of benzene rings is 3. The molecule has 0 spiro atoms. The van der Waals surface area contributed by atoms with Crippen molar-refractivity contribution in [3.05, 3.63) is 72.3 Å². The van der Waals surface area contributed by atoms with Crippen molar-refractivity contribution in [2.75, 3.05) is 0 Å². The van der Waals surface area contributed by atoms with Crippen LogP contribution < -0.4 is 4.83 Å². The number of phenols is 1. The third-order valence-electron chi connectivity index (χ3n) is 3.34. The van der Waals surface area contributed by atoms with E-state index in [2.05, 4.69) is 9.93 Å². The molecule has 2 N–H and O–H groups in total. The highest BCUT2D eigenvalue weighted by molar-refractivity contribution is 7.89. The van der Waals surface area contributed by atoms with Crippen LogP contribution in [0.25, 0.3) is 10.8 Å². The highest BCUT2D eigenvalue weighted by atomic mass is 32.2. The predicted octanol–water partition coefficient (Wildman–Crippen LogP) is 2.86. The van der Waals surface area contributed by atoms with Gasteiger partial charge in [-0.1, -0.05) is 42.5 Å². The Morgan fingerprint density at radius 2 is 1.61 bits per heavy atom. The molecule has 0 heterocycles. The highest BCUT2D eigenvalue weighted by Gasteiger charge is 2.13. The van der Waals surface area contributed by atoms with Gasteiger partial charge in [0.25, 0.3) is 10.0 Å². The quantitative estimate of drug-likeness (QED) is 0.571. The lowest BCUT2D eigenvalue weighted by Crippen LogP contribution is -2.18. The van der Waals surface area contributed by atoms with Crippen molar-refractivity contribution >= 4 is 27.0 Å². The zero-order valence-corrected chi connectivity index (χ0v) is 12.9. The Kier molecular flexibility index (Phi) is 3.99. The average Bonchev–Trinajstić information content (AvgIpc) is 2.56. The van der Waals surface area contributed by atoms with Crippen molar-refractivity contribution < 1.29 is 13.5 Å². The van der Waals surface area contributed by atoms with Crippen LogP contribution in [0.15, 0.2) is 76.7 Å². The summed E-state index contributed by atoms with van der Waals surface area (Å²) in [6.07, 6.45) is 1.26. The molecule has 6 heteroatoms. The van der Waals surface area contributed by atoms with Crippen LogP contribution >= 0.6 is 0 Å². The normalized spacial score (nSPS) is 11.8. The zero-order valence-electron chi connectivity index (χ0n) is 12.0. The van der Waals surface area contributed by atoms with E-state index in [0.717, 1.165) is 10.8 Å². The summed E-state index contributed by atoms with van der Waals surface area (Å²) in [5.41, 5.74) is 0.425.